The number of halogens is 2. The van der Waals surface area contributed by atoms with E-state index in [0.717, 1.165) is 38.2 Å². The summed E-state index contributed by atoms with van der Waals surface area (Å²) in [5, 5.41) is 11.0. The maximum atomic E-state index is 13.5. The lowest BCUT2D eigenvalue weighted by Crippen LogP contribution is -2.47. The van der Waals surface area contributed by atoms with Crippen LogP contribution in [0.15, 0.2) is 12.1 Å². The minimum atomic E-state index is -0.568. The van der Waals surface area contributed by atoms with Crippen molar-refractivity contribution in [3.8, 4) is 5.75 Å². The van der Waals surface area contributed by atoms with Crippen LogP contribution in [0.25, 0.3) is 0 Å². The van der Waals surface area contributed by atoms with E-state index in [9.17, 15) is 14.5 Å². The Morgan fingerprint density at radius 2 is 2.05 bits per heavy atom. The van der Waals surface area contributed by atoms with Crippen LogP contribution in [0.1, 0.15) is 32.1 Å². The van der Waals surface area contributed by atoms with Gasteiger partial charge in [-0.15, -0.1) is 0 Å². The summed E-state index contributed by atoms with van der Waals surface area (Å²) in [5.41, 5.74) is 5.52. The molecule has 0 heterocycles. The standard InChI is InChI=1S/C13H16FIN2O3/c14-9-6-12(11(17(18)19)7-10(9)15)20-8-13(16)4-2-1-3-5-13/h6-7H,1-5,8,16H2. The Morgan fingerprint density at radius 1 is 1.40 bits per heavy atom. The van der Waals surface area contributed by atoms with Crippen LogP contribution in [0, 0.1) is 19.5 Å². The number of nitrogens with zero attached hydrogens (tertiary/aromatic N) is 1. The van der Waals surface area contributed by atoms with E-state index in [1.54, 1.807) is 22.6 Å². The molecule has 7 heteroatoms. The zero-order valence-corrected chi connectivity index (χ0v) is 13.1. The summed E-state index contributed by atoms with van der Waals surface area (Å²) in [7, 11) is 0. The van der Waals surface area contributed by atoms with Crippen molar-refractivity contribution in [3.05, 3.63) is 31.6 Å². The van der Waals surface area contributed by atoms with Crippen LogP contribution in [-0.4, -0.2) is 17.1 Å². The van der Waals surface area contributed by atoms with Crippen LogP contribution in [0.2, 0.25) is 0 Å². The summed E-state index contributed by atoms with van der Waals surface area (Å²) in [6, 6.07) is 2.24. The van der Waals surface area contributed by atoms with Gasteiger partial charge >= 0.3 is 5.69 Å². The van der Waals surface area contributed by atoms with Gasteiger partial charge in [0.15, 0.2) is 5.75 Å². The Morgan fingerprint density at radius 3 is 2.65 bits per heavy atom. The van der Waals surface area contributed by atoms with Crippen molar-refractivity contribution >= 4 is 28.3 Å². The molecule has 0 saturated heterocycles. The zero-order chi connectivity index (χ0) is 14.8. The molecule has 0 bridgehead atoms. The van der Waals surface area contributed by atoms with Gasteiger partial charge in [-0.1, -0.05) is 19.3 Å². The second-order valence-corrected chi connectivity index (χ2v) is 6.37. The third kappa shape index (κ3) is 3.57. The third-order valence-corrected chi connectivity index (χ3v) is 4.39. The van der Waals surface area contributed by atoms with Gasteiger partial charge in [0, 0.05) is 12.1 Å². The highest BCUT2D eigenvalue weighted by Gasteiger charge is 2.29. The molecule has 1 aromatic rings. The van der Waals surface area contributed by atoms with Gasteiger partial charge < -0.3 is 10.5 Å². The van der Waals surface area contributed by atoms with E-state index in [2.05, 4.69) is 0 Å². The minimum Gasteiger partial charge on any atom is -0.485 e. The van der Waals surface area contributed by atoms with Crippen LogP contribution in [0.4, 0.5) is 10.1 Å². The molecule has 0 unspecified atom stereocenters. The Hall–Kier alpha value is -0.960. The summed E-state index contributed by atoms with van der Waals surface area (Å²) in [4.78, 5) is 10.4. The van der Waals surface area contributed by atoms with Gasteiger partial charge in [0.1, 0.15) is 12.4 Å². The SMILES string of the molecule is NC1(COc2cc(F)c(I)cc2[N+](=O)[O-])CCCCC1. The number of ether oxygens (including phenoxy) is 1. The molecule has 0 spiro atoms. The molecule has 20 heavy (non-hydrogen) atoms. The van der Waals surface area contributed by atoms with Crippen LogP contribution < -0.4 is 10.5 Å². The predicted octanol–water partition coefficient (Wildman–Crippen LogP) is 3.38. The van der Waals surface area contributed by atoms with Gasteiger partial charge in [-0.2, -0.15) is 0 Å². The lowest BCUT2D eigenvalue weighted by Gasteiger charge is -2.32. The number of nitro benzene ring substituents is 1. The molecule has 110 valence electrons. The normalized spacial score (nSPS) is 17.8. The molecule has 0 atom stereocenters. The van der Waals surface area contributed by atoms with Crippen molar-refractivity contribution in [1.29, 1.82) is 0 Å². The first-order valence-corrected chi connectivity index (χ1v) is 7.54. The Labute approximate surface area is 130 Å². The van der Waals surface area contributed by atoms with Gasteiger partial charge in [0.2, 0.25) is 0 Å². The molecule has 2 rings (SSSR count). The number of benzene rings is 1. The summed E-state index contributed by atoms with van der Waals surface area (Å²) >= 11 is 1.71. The average molecular weight is 394 g/mol. The van der Waals surface area contributed by atoms with E-state index in [1.165, 1.54) is 6.07 Å². The molecule has 1 aliphatic rings. The molecule has 1 saturated carbocycles. The van der Waals surface area contributed by atoms with Gasteiger partial charge in [-0.05, 0) is 35.4 Å². The Balaban J connectivity index is 2.16. The van der Waals surface area contributed by atoms with Crippen LogP contribution >= 0.6 is 22.6 Å². The monoisotopic (exact) mass is 394 g/mol. The third-order valence-electron chi connectivity index (χ3n) is 3.56. The quantitative estimate of drug-likeness (QED) is 0.483. The summed E-state index contributed by atoms with van der Waals surface area (Å²) in [6.07, 6.45) is 4.87. The predicted molar refractivity (Wildman–Crippen MR) is 81.3 cm³/mol. The van der Waals surface area contributed by atoms with E-state index in [-0.39, 0.29) is 21.6 Å². The number of hydrogen-bond donors (Lipinski definition) is 1. The molecule has 0 amide bonds. The molecular formula is C13H16FIN2O3. The highest BCUT2D eigenvalue weighted by Crippen LogP contribution is 2.33. The molecule has 0 radical (unpaired) electrons. The largest absolute Gasteiger partial charge is 0.485 e. The van der Waals surface area contributed by atoms with Crippen molar-refractivity contribution in [1.82, 2.24) is 0 Å². The van der Waals surface area contributed by atoms with Gasteiger partial charge in [0.05, 0.1) is 14.0 Å². The lowest BCUT2D eigenvalue weighted by molar-refractivity contribution is -0.386. The fourth-order valence-electron chi connectivity index (χ4n) is 2.40. The van der Waals surface area contributed by atoms with Crippen LogP contribution in [0.5, 0.6) is 5.75 Å². The number of nitro groups is 1. The zero-order valence-electron chi connectivity index (χ0n) is 10.9. The first-order chi connectivity index (χ1) is 9.41. The number of hydrogen-bond acceptors (Lipinski definition) is 4. The fraction of sp³-hybridized carbons (Fsp3) is 0.538. The summed E-state index contributed by atoms with van der Waals surface area (Å²) < 4.78 is 19.2. The minimum absolute atomic E-state index is 0.0525. The maximum Gasteiger partial charge on any atom is 0.312 e. The molecule has 0 aromatic heterocycles. The van der Waals surface area contributed by atoms with Crippen molar-refractivity contribution in [2.75, 3.05) is 6.61 Å². The number of rotatable bonds is 4. The molecule has 0 aliphatic heterocycles. The van der Waals surface area contributed by atoms with Crippen molar-refractivity contribution < 1.29 is 14.1 Å². The van der Waals surface area contributed by atoms with Crippen molar-refractivity contribution in [2.45, 2.75) is 37.6 Å². The first-order valence-electron chi connectivity index (χ1n) is 6.46. The van der Waals surface area contributed by atoms with Crippen LogP contribution in [0.3, 0.4) is 0 Å². The van der Waals surface area contributed by atoms with Crippen molar-refractivity contribution in [3.63, 3.8) is 0 Å². The van der Waals surface area contributed by atoms with E-state index >= 15 is 0 Å². The van der Waals surface area contributed by atoms with Gasteiger partial charge in [-0.25, -0.2) is 4.39 Å². The molecule has 2 N–H and O–H groups in total. The van der Waals surface area contributed by atoms with Crippen molar-refractivity contribution in [2.24, 2.45) is 5.73 Å². The van der Waals surface area contributed by atoms with Crippen LogP contribution in [-0.2, 0) is 0 Å². The van der Waals surface area contributed by atoms with E-state index in [1.807, 2.05) is 0 Å². The van der Waals surface area contributed by atoms with E-state index in [4.69, 9.17) is 10.5 Å². The smallest absolute Gasteiger partial charge is 0.312 e. The summed E-state index contributed by atoms with van der Waals surface area (Å²) in [6.45, 7) is 0.174. The lowest BCUT2D eigenvalue weighted by atomic mass is 9.83. The Kier molecular flexibility index (Phi) is 4.79. The van der Waals surface area contributed by atoms with Gasteiger partial charge in [-0.3, -0.25) is 10.1 Å². The number of nitrogens with two attached hydrogens (primary N) is 1. The van der Waals surface area contributed by atoms with Gasteiger partial charge in [0.25, 0.3) is 0 Å². The highest BCUT2D eigenvalue weighted by molar-refractivity contribution is 14.1. The topological polar surface area (TPSA) is 78.4 Å². The maximum absolute atomic E-state index is 13.5. The second-order valence-electron chi connectivity index (χ2n) is 5.20. The molecule has 1 aliphatic carbocycles. The molecular weight excluding hydrogens is 378 g/mol. The fourth-order valence-corrected chi connectivity index (χ4v) is 2.85. The molecule has 5 nitrogen and oxygen atoms in total. The van der Waals surface area contributed by atoms with E-state index < -0.39 is 16.3 Å². The summed E-state index contributed by atoms with van der Waals surface area (Å²) in [5.74, 6) is -0.579. The highest BCUT2D eigenvalue weighted by atomic mass is 127. The Bertz CT molecular complexity index is 519. The molecule has 1 aromatic carbocycles. The van der Waals surface area contributed by atoms with E-state index in [0.29, 0.717) is 0 Å². The average Bonchev–Trinajstić information content (AvgIpc) is 2.40. The second kappa shape index (κ2) is 6.21. The first kappa shape index (κ1) is 15.4. The molecule has 1 fully saturated rings.